The Morgan fingerprint density at radius 3 is 2.09 bits per heavy atom. The molecule has 0 bridgehead atoms. The molecule has 0 saturated heterocycles. The summed E-state index contributed by atoms with van der Waals surface area (Å²) in [4.78, 5) is 0. The lowest BCUT2D eigenvalue weighted by Crippen LogP contribution is -2.06. The Morgan fingerprint density at radius 1 is 0.788 bits per heavy atom. The van der Waals surface area contributed by atoms with Crippen LogP contribution in [0.2, 0.25) is 0 Å². The van der Waals surface area contributed by atoms with Crippen LogP contribution in [0.1, 0.15) is 23.6 Å². The molecule has 0 aliphatic heterocycles. The van der Waals surface area contributed by atoms with E-state index in [9.17, 15) is 17.6 Å². The van der Waals surface area contributed by atoms with E-state index < -0.39 is 29.8 Å². The van der Waals surface area contributed by atoms with E-state index >= 15 is 4.39 Å². The molecule has 0 aromatic heterocycles. The van der Waals surface area contributed by atoms with Crippen molar-refractivity contribution in [2.75, 3.05) is 0 Å². The number of fused-ring (bicyclic) bond motifs is 1. The van der Waals surface area contributed by atoms with Gasteiger partial charge < -0.3 is 4.74 Å². The van der Waals surface area contributed by atoms with Gasteiger partial charge in [-0.25, -0.2) is 13.2 Å². The second-order valence-electron chi connectivity index (χ2n) is 7.31. The second-order valence-corrected chi connectivity index (χ2v) is 7.31. The molecule has 0 unspecified atom stereocenters. The normalized spacial score (nSPS) is 10.9. The van der Waals surface area contributed by atoms with Crippen LogP contribution in [0.5, 0.6) is 5.75 Å². The zero-order valence-electron chi connectivity index (χ0n) is 17.4. The van der Waals surface area contributed by atoms with Gasteiger partial charge in [-0.3, -0.25) is 0 Å². The number of hydrogen-bond acceptors (Lipinski definition) is 1. The molecule has 0 saturated carbocycles. The monoisotopic (exact) mass is 452 g/mol. The van der Waals surface area contributed by atoms with Crippen LogP contribution in [0.4, 0.5) is 22.0 Å². The first-order chi connectivity index (χ1) is 15.9. The molecule has 6 heteroatoms. The highest BCUT2D eigenvalue weighted by Crippen LogP contribution is 2.28. The van der Waals surface area contributed by atoms with Crippen LogP contribution >= 0.6 is 0 Å². The standard InChI is InChI=1S/C27H17F5O/c1-2-16-3-6-18(7-4-16)20-11-12-22-21(15-20)10-9-19(25(22)30)8-5-17-13-23(28)26(24(29)14-17)33-27(31)32/h3-4,6-7,9-15,27H,2H2,1H3. The largest absolute Gasteiger partial charge is 0.429 e. The van der Waals surface area contributed by atoms with Crippen molar-refractivity contribution in [1.82, 2.24) is 0 Å². The van der Waals surface area contributed by atoms with Gasteiger partial charge in [-0.1, -0.05) is 61.2 Å². The summed E-state index contributed by atoms with van der Waals surface area (Å²) in [5, 5.41) is 1.04. The molecule has 0 radical (unpaired) electrons. The molecule has 0 fully saturated rings. The molecule has 0 spiro atoms. The third kappa shape index (κ3) is 4.83. The molecule has 4 aromatic carbocycles. The summed E-state index contributed by atoms with van der Waals surface area (Å²) in [5.74, 6) is 0.618. The van der Waals surface area contributed by atoms with Gasteiger partial charge in [-0.05, 0) is 52.8 Å². The number of halogens is 5. The first-order valence-electron chi connectivity index (χ1n) is 10.1. The molecule has 4 rings (SSSR count). The van der Waals surface area contributed by atoms with Crippen molar-refractivity contribution in [2.45, 2.75) is 20.0 Å². The number of rotatable bonds is 4. The highest BCUT2D eigenvalue weighted by Gasteiger charge is 2.16. The van der Waals surface area contributed by atoms with E-state index in [-0.39, 0.29) is 11.1 Å². The molecule has 0 aliphatic carbocycles. The van der Waals surface area contributed by atoms with Gasteiger partial charge in [-0.2, -0.15) is 8.78 Å². The van der Waals surface area contributed by atoms with Crippen molar-refractivity contribution in [3.05, 3.63) is 101 Å². The maximum Gasteiger partial charge on any atom is 0.387 e. The Morgan fingerprint density at radius 2 is 1.45 bits per heavy atom. The van der Waals surface area contributed by atoms with Crippen LogP contribution in [0.3, 0.4) is 0 Å². The Hall–Kier alpha value is -3.85. The lowest BCUT2D eigenvalue weighted by molar-refractivity contribution is -0.0546. The van der Waals surface area contributed by atoms with E-state index in [4.69, 9.17) is 0 Å². The molecule has 0 heterocycles. The molecule has 1 nitrogen and oxygen atoms in total. The van der Waals surface area contributed by atoms with Crippen molar-refractivity contribution in [2.24, 2.45) is 0 Å². The Balaban J connectivity index is 1.65. The fourth-order valence-corrected chi connectivity index (χ4v) is 3.47. The quantitative estimate of drug-likeness (QED) is 0.230. The van der Waals surface area contributed by atoms with Crippen molar-refractivity contribution >= 4 is 10.8 Å². The fraction of sp³-hybridized carbons (Fsp3) is 0.111. The minimum Gasteiger partial charge on any atom is -0.429 e. The highest BCUT2D eigenvalue weighted by molar-refractivity contribution is 5.89. The molecule has 0 amide bonds. The van der Waals surface area contributed by atoms with Crippen LogP contribution in [-0.2, 0) is 6.42 Å². The Kier molecular flexibility index (Phi) is 6.32. The van der Waals surface area contributed by atoms with Crippen LogP contribution in [-0.4, -0.2) is 6.61 Å². The van der Waals surface area contributed by atoms with Gasteiger partial charge in [0.15, 0.2) is 17.4 Å². The fourth-order valence-electron chi connectivity index (χ4n) is 3.47. The number of benzene rings is 4. The van der Waals surface area contributed by atoms with Crippen LogP contribution < -0.4 is 4.74 Å². The average molecular weight is 452 g/mol. The van der Waals surface area contributed by atoms with E-state index in [0.29, 0.717) is 10.8 Å². The van der Waals surface area contributed by atoms with E-state index in [2.05, 4.69) is 35.6 Å². The van der Waals surface area contributed by atoms with Gasteiger partial charge >= 0.3 is 6.61 Å². The minimum atomic E-state index is -3.37. The second kappa shape index (κ2) is 9.33. The smallest absolute Gasteiger partial charge is 0.387 e. The molecule has 0 atom stereocenters. The van der Waals surface area contributed by atoms with Crippen molar-refractivity contribution in [3.8, 4) is 28.7 Å². The number of aryl methyl sites for hydroxylation is 1. The van der Waals surface area contributed by atoms with Gasteiger partial charge in [0.05, 0.1) is 5.56 Å². The van der Waals surface area contributed by atoms with Gasteiger partial charge in [0.1, 0.15) is 5.82 Å². The van der Waals surface area contributed by atoms with Crippen LogP contribution in [0, 0.1) is 29.3 Å². The summed E-state index contributed by atoms with van der Waals surface area (Å²) in [6.07, 6.45) is 0.944. The maximum absolute atomic E-state index is 15.0. The van der Waals surface area contributed by atoms with Gasteiger partial charge in [-0.15, -0.1) is 0 Å². The lowest BCUT2D eigenvalue weighted by Gasteiger charge is -2.07. The summed E-state index contributed by atoms with van der Waals surface area (Å²) in [5.41, 5.74) is 3.08. The van der Waals surface area contributed by atoms with Crippen LogP contribution in [0.15, 0.2) is 66.7 Å². The number of ether oxygens (including phenoxy) is 1. The Bertz CT molecular complexity index is 1360. The predicted octanol–water partition coefficient (Wildman–Crippen LogP) is 7.49. The molecule has 166 valence electrons. The molecular weight excluding hydrogens is 435 g/mol. The van der Waals surface area contributed by atoms with Crippen molar-refractivity contribution in [3.63, 3.8) is 0 Å². The molecular formula is C27H17F5O. The third-order valence-electron chi connectivity index (χ3n) is 5.20. The summed E-state index contributed by atoms with van der Waals surface area (Å²) in [6, 6.07) is 18.2. The summed E-state index contributed by atoms with van der Waals surface area (Å²) in [6.45, 7) is -1.29. The molecule has 0 aliphatic rings. The highest BCUT2D eigenvalue weighted by atomic mass is 19.3. The van der Waals surface area contributed by atoms with Crippen molar-refractivity contribution in [1.29, 1.82) is 0 Å². The summed E-state index contributed by atoms with van der Waals surface area (Å²) >= 11 is 0. The number of hydrogen-bond donors (Lipinski definition) is 0. The molecule has 4 aromatic rings. The molecule has 0 N–H and O–H groups in total. The van der Waals surface area contributed by atoms with Gasteiger partial charge in [0.2, 0.25) is 0 Å². The SMILES string of the molecule is CCc1ccc(-c2ccc3c(F)c(C#Cc4cc(F)c(OC(F)F)c(F)c4)ccc3c2)cc1. The average Bonchev–Trinajstić information content (AvgIpc) is 2.81. The maximum atomic E-state index is 15.0. The molecule has 33 heavy (non-hydrogen) atoms. The van der Waals surface area contributed by atoms with E-state index in [1.807, 2.05) is 24.3 Å². The zero-order chi connectivity index (χ0) is 23.5. The zero-order valence-corrected chi connectivity index (χ0v) is 17.4. The topological polar surface area (TPSA) is 9.23 Å². The number of alkyl halides is 2. The van der Waals surface area contributed by atoms with Gasteiger partial charge in [0.25, 0.3) is 0 Å². The Labute approximate surface area is 187 Å². The van der Waals surface area contributed by atoms with Gasteiger partial charge in [0, 0.05) is 10.9 Å². The minimum absolute atomic E-state index is 0.0382. The van der Waals surface area contributed by atoms with E-state index in [0.717, 1.165) is 29.7 Å². The van der Waals surface area contributed by atoms with E-state index in [1.165, 1.54) is 11.6 Å². The van der Waals surface area contributed by atoms with Crippen LogP contribution in [0.25, 0.3) is 21.9 Å². The first kappa shape index (κ1) is 22.3. The van der Waals surface area contributed by atoms with Crippen molar-refractivity contribution < 1.29 is 26.7 Å². The predicted molar refractivity (Wildman–Crippen MR) is 118 cm³/mol. The third-order valence-corrected chi connectivity index (χ3v) is 5.20. The lowest BCUT2D eigenvalue weighted by atomic mass is 9.98. The summed E-state index contributed by atoms with van der Waals surface area (Å²) < 4.78 is 71.1. The van der Waals surface area contributed by atoms with E-state index in [1.54, 1.807) is 12.1 Å². The first-order valence-corrected chi connectivity index (χ1v) is 10.1. The summed E-state index contributed by atoms with van der Waals surface area (Å²) in [7, 11) is 0.